The molecule has 0 radical (unpaired) electrons. The van der Waals surface area contributed by atoms with Gasteiger partial charge >= 0.3 is 0 Å². The van der Waals surface area contributed by atoms with Crippen molar-refractivity contribution in [2.75, 3.05) is 0 Å². The Hall–Kier alpha value is -1.46. The number of aromatic nitrogens is 1. The van der Waals surface area contributed by atoms with Crippen LogP contribution < -0.4 is 10.5 Å². The van der Waals surface area contributed by atoms with Crippen molar-refractivity contribution >= 4 is 11.3 Å². The first-order valence-corrected chi connectivity index (χ1v) is 7.59. The number of halogens is 1. The molecule has 0 bridgehead atoms. The highest BCUT2D eigenvalue weighted by Gasteiger charge is 2.30. The van der Waals surface area contributed by atoms with Crippen LogP contribution in [0.3, 0.4) is 0 Å². The first kappa shape index (κ1) is 13.5. The average molecular weight is 292 g/mol. The maximum Gasteiger partial charge on any atom is 0.165 e. The third-order valence-corrected chi connectivity index (χ3v) is 4.54. The largest absolute Gasteiger partial charge is 0.483 e. The second kappa shape index (κ2) is 5.50. The molecular weight excluding hydrogens is 275 g/mol. The van der Waals surface area contributed by atoms with Crippen molar-refractivity contribution in [3.05, 3.63) is 45.7 Å². The van der Waals surface area contributed by atoms with Gasteiger partial charge in [-0.15, -0.1) is 11.3 Å². The Balaban J connectivity index is 1.75. The number of hydrogen-bond donors (Lipinski definition) is 1. The standard InChI is InChI=1S/C15H17FN2OS/c1-9(17)15-14(10-6-7-10)18-13(20-15)8-19-12-5-3-2-4-11(12)16/h2-5,9-10H,6-8,17H2,1H3. The van der Waals surface area contributed by atoms with Crippen molar-refractivity contribution < 1.29 is 9.13 Å². The second-order valence-electron chi connectivity index (χ2n) is 5.14. The number of thiazole rings is 1. The molecule has 2 N–H and O–H groups in total. The van der Waals surface area contributed by atoms with Crippen LogP contribution in [0.2, 0.25) is 0 Å². The topological polar surface area (TPSA) is 48.1 Å². The van der Waals surface area contributed by atoms with Crippen LogP contribution in [-0.2, 0) is 6.61 Å². The lowest BCUT2D eigenvalue weighted by Gasteiger charge is -2.04. The molecule has 1 aliphatic carbocycles. The second-order valence-corrected chi connectivity index (χ2v) is 6.25. The van der Waals surface area contributed by atoms with Gasteiger partial charge in [0.15, 0.2) is 11.6 Å². The van der Waals surface area contributed by atoms with E-state index in [4.69, 9.17) is 10.5 Å². The zero-order valence-electron chi connectivity index (χ0n) is 11.3. The van der Waals surface area contributed by atoms with E-state index in [2.05, 4.69) is 4.98 Å². The van der Waals surface area contributed by atoms with E-state index in [1.165, 1.54) is 18.9 Å². The highest BCUT2D eigenvalue weighted by molar-refractivity contribution is 7.11. The number of hydrogen-bond acceptors (Lipinski definition) is 4. The number of nitrogens with two attached hydrogens (primary N) is 1. The van der Waals surface area contributed by atoms with E-state index in [1.807, 2.05) is 6.92 Å². The summed E-state index contributed by atoms with van der Waals surface area (Å²) in [6.07, 6.45) is 2.38. The normalized spacial score (nSPS) is 16.1. The zero-order valence-corrected chi connectivity index (χ0v) is 12.1. The van der Waals surface area contributed by atoms with Gasteiger partial charge in [0.05, 0.1) is 5.69 Å². The lowest BCUT2D eigenvalue weighted by atomic mass is 10.2. The highest BCUT2D eigenvalue weighted by Crippen LogP contribution is 2.44. The molecule has 20 heavy (non-hydrogen) atoms. The first-order valence-electron chi connectivity index (χ1n) is 6.77. The van der Waals surface area contributed by atoms with Crippen LogP contribution in [0.5, 0.6) is 5.75 Å². The number of para-hydroxylation sites is 1. The summed E-state index contributed by atoms with van der Waals surface area (Å²) >= 11 is 1.58. The van der Waals surface area contributed by atoms with E-state index in [-0.39, 0.29) is 24.2 Å². The summed E-state index contributed by atoms with van der Waals surface area (Å²) < 4.78 is 19.0. The summed E-state index contributed by atoms with van der Waals surface area (Å²) in [7, 11) is 0. The Bertz CT molecular complexity index is 588. The molecule has 1 unspecified atom stereocenters. The van der Waals surface area contributed by atoms with E-state index >= 15 is 0 Å². The number of nitrogens with zero attached hydrogens (tertiary/aromatic N) is 1. The number of ether oxygens (including phenoxy) is 1. The Labute approximate surface area is 121 Å². The molecule has 0 saturated heterocycles. The van der Waals surface area contributed by atoms with Gasteiger partial charge in [0.1, 0.15) is 11.6 Å². The fourth-order valence-corrected chi connectivity index (χ4v) is 3.15. The first-order chi connectivity index (χ1) is 9.65. The molecular formula is C15H17FN2OS. The molecule has 1 atom stereocenters. The van der Waals surface area contributed by atoms with E-state index in [9.17, 15) is 4.39 Å². The molecule has 2 aromatic rings. The van der Waals surface area contributed by atoms with E-state index in [1.54, 1.807) is 29.5 Å². The molecule has 3 nitrogen and oxygen atoms in total. The van der Waals surface area contributed by atoms with Crippen molar-refractivity contribution in [3.63, 3.8) is 0 Å². The van der Waals surface area contributed by atoms with Crippen LogP contribution in [0.1, 0.15) is 47.3 Å². The van der Waals surface area contributed by atoms with Gasteiger partial charge in [-0.25, -0.2) is 9.37 Å². The van der Waals surface area contributed by atoms with Crippen molar-refractivity contribution in [1.82, 2.24) is 4.98 Å². The maximum absolute atomic E-state index is 13.5. The molecule has 1 aromatic heterocycles. The summed E-state index contributed by atoms with van der Waals surface area (Å²) in [6, 6.07) is 6.40. The third-order valence-electron chi connectivity index (χ3n) is 3.29. The zero-order chi connectivity index (χ0) is 14.1. The van der Waals surface area contributed by atoms with Crippen molar-refractivity contribution in [2.24, 2.45) is 5.73 Å². The molecule has 1 saturated carbocycles. The summed E-state index contributed by atoms with van der Waals surface area (Å²) in [5.74, 6) is 0.478. The Morgan fingerprint density at radius 2 is 2.20 bits per heavy atom. The van der Waals surface area contributed by atoms with Crippen molar-refractivity contribution in [1.29, 1.82) is 0 Å². The lowest BCUT2D eigenvalue weighted by molar-refractivity contribution is 0.289. The van der Waals surface area contributed by atoms with Crippen molar-refractivity contribution in [3.8, 4) is 5.75 Å². The van der Waals surface area contributed by atoms with Crippen LogP contribution in [0.4, 0.5) is 4.39 Å². The van der Waals surface area contributed by atoms with Gasteiger partial charge in [-0.1, -0.05) is 12.1 Å². The SMILES string of the molecule is CC(N)c1sc(COc2ccccc2F)nc1C1CC1. The number of rotatable bonds is 5. The van der Waals surface area contributed by atoms with Crippen LogP contribution >= 0.6 is 11.3 Å². The van der Waals surface area contributed by atoms with E-state index in [0.717, 1.165) is 15.6 Å². The molecule has 1 heterocycles. The fourth-order valence-electron chi connectivity index (χ4n) is 2.13. The molecule has 0 amide bonds. The van der Waals surface area contributed by atoms with Gasteiger partial charge in [-0.2, -0.15) is 0 Å². The molecule has 1 aromatic carbocycles. The average Bonchev–Trinajstić information content (AvgIpc) is 3.18. The summed E-state index contributed by atoms with van der Waals surface area (Å²) in [6.45, 7) is 2.26. The Kier molecular flexibility index (Phi) is 3.72. The Morgan fingerprint density at radius 1 is 1.45 bits per heavy atom. The van der Waals surface area contributed by atoms with Gasteiger partial charge in [0, 0.05) is 16.8 Å². The number of benzene rings is 1. The van der Waals surface area contributed by atoms with Crippen LogP contribution in [0, 0.1) is 5.82 Å². The molecule has 1 aliphatic rings. The fraction of sp³-hybridized carbons (Fsp3) is 0.400. The molecule has 0 aliphatic heterocycles. The molecule has 5 heteroatoms. The maximum atomic E-state index is 13.5. The Morgan fingerprint density at radius 3 is 2.85 bits per heavy atom. The minimum atomic E-state index is -0.348. The predicted octanol–water partition coefficient (Wildman–Crippen LogP) is 3.76. The predicted molar refractivity (Wildman–Crippen MR) is 77.4 cm³/mol. The van der Waals surface area contributed by atoms with Crippen molar-refractivity contribution in [2.45, 2.75) is 38.3 Å². The molecule has 106 valence electrons. The third kappa shape index (κ3) is 2.83. The van der Waals surface area contributed by atoms with Crippen LogP contribution in [0.15, 0.2) is 24.3 Å². The quantitative estimate of drug-likeness (QED) is 0.912. The van der Waals surface area contributed by atoms with Gasteiger partial charge in [-0.3, -0.25) is 0 Å². The van der Waals surface area contributed by atoms with Gasteiger partial charge in [-0.05, 0) is 31.9 Å². The van der Waals surface area contributed by atoms with E-state index in [0.29, 0.717) is 5.92 Å². The monoisotopic (exact) mass is 292 g/mol. The van der Waals surface area contributed by atoms with Crippen LogP contribution in [0.25, 0.3) is 0 Å². The van der Waals surface area contributed by atoms with E-state index < -0.39 is 0 Å². The van der Waals surface area contributed by atoms with Gasteiger partial charge < -0.3 is 10.5 Å². The molecule has 0 spiro atoms. The van der Waals surface area contributed by atoms with Gasteiger partial charge in [0.25, 0.3) is 0 Å². The summed E-state index contributed by atoms with van der Waals surface area (Å²) in [5.41, 5.74) is 7.12. The minimum absolute atomic E-state index is 0.00897. The summed E-state index contributed by atoms with van der Waals surface area (Å²) in [4.78, 5) is 5.77. The van der Waals surface area contributed by atoms with Crippen LogP contribution in [-0.4, -0.2) is 4.98 Å². The summed E-state index contributed by atoms with van der Waals surface area (Å²) in [5, 5.41) is 0.863. The molecule has 1 fully saturated rings. The minimum Gasteiger partial charge on any atom is -0.483 e. The molecule has 3 rings (SSSR count). The lowest BCUT2D eigenvalue weighted by Crippen LogP contribution is -2.05. The smallest absolute Gasteiger partial charge is 0.165 e. The van der Waals surface area contributed by atoms with Gasteiger partial charge in [0.2, 0.25) is 0 Å². The highest BCUT2D eigenvalue weighted by atomic mass is 32.1.